The molecular formula is C16H20ClN3O3S2. The van der Waals surface area contributed by atoms with Gasteiger partial charge in [0.1, 0.15) is 0 Å². The van der Waals surface area contributed by atoms with E-state index < -0.39 is 9.84 Å². The topological polar surface area (TPSA) is 68.3 Å². The zero-order valence-electron chi connectivity index (χ0n) is 13.9. The van der Waals surface area contributed by atoms with Crippen molar-refractivity contribution in [3.05, 3.63) is 34.1 Å². The largest absolute Gasteiger partial charge is 0.409 e. The molecule has 0 spiro atoms. The highest BCUT2D eigenvalue weighted by molar-refractivity contribution is 7.91. The first kappa shape index (κ1) is 18.6. The Balaban J connectivity index is 1.81. The number of rotatable bonds is 6. The van der Waals surface area contributed by atoms with E-state index in [9.17, 15) is 8.42 Å². The Morgan fingerprint density at radius 3 is 2.72 bits per heavy atom. The summed E-state index contributed by atoms with van der Waals surface area (Å²) in [5.41, 5.74) is 0.791. The normalized spacial score (nSPS) is 19.6. The molecule has 1 atom stereocenters. The van der Waals surface area contributed by atoms with Gasteiger partial charge in [0.25, 0.3) is 4.84 Å². The van der Waals surface area contributed by atoms with Gasteiger partial charge in [0.2, 0.25) is 5.89 Å². The van der Waals surface area contributed by atoms with Gasteiger partial charge < -0.3 is 4.42 Å². The lowest BCUT2D eigenvalue weighted by Gasteiger charge is -2.26. The van der Waals surface area contributed by atoms with Crippen molar-refractivity contribution >= 4 is 33.7 Å². The quantitative estimate of drug-likeness (QED) is 0.691. The predicted molar refractivity (Wildman–Crippen MR) is 99.8 cm³/mol. The molecule has 0 amide bonds. The van der Waals surface area contributed by atoms with Crippen LogP contribution in [0.1, 0.15) is 19.8 Å². The minimum atomic E-state index is -2.94. The molecule has 1 aromatic heterocycles. The van der Waals surface area contributed by atoms with E-state index in [4.69, 9.17) is 28.2 Å². The fraction of sp³-hybridized carbons (Fsp3) is 0.500. The second-order valence-electron chi connectivity index (χ2n) is 6.19. The molecular weight excluding hydrogens is 382 g/mol. The number of hydrogen-bond acceptors (Lipinski definition) is 6. The Morgan fingerprint density at radius 2 is 2.12 bits per heavy atom. The van der Waals surface area contributed by atoms with Crippen molar-refractivity contribution in [3.8, 4) is 11.5 Å². The van der Waals surface area contributed by atoms with E-state index in [2.05, 4.69) is 16.9 Å². The zero-order chi connectivity index (χ0) is 18.0. The summed E-state index contributed by atoms with van der Waals surface area (Å²) >= 11 is 11.2. The molecule has 1 aromatic carbocycles. The highest BCUT2D eigenvalue weighted by atomic mass is 35.5. The predicted octanol–water partition coefficient (Wildman–Crippen LogP) is 3.38. The summed E-state index contributed by atoms with van der Waals surface area (Å²) in [6.07, 6.45) is 1.57. The molecule has 1 saturated heterocycles. The average molecular weight is 402 g/mol. The molecule has 1 aliphatic rings. The molecule has 2 heterocycles. The van der Waals surface area contributed by atoms with Gasteiger partial charge in [0.05, 0.1) is 18.2 Å². The molecule has 6 nitrogen and oxygen atoms in total. The molecule has 3 rings (SSSR count). The maximum Gasteiger partial charge on any atom is 0.288 e. The van der Waals surface area contributed by atoms with Crippen LogP contribution in [0.4, 0.5) is 0 Å². The fourth-order valence-corrected chi connectivity index (χ4v) is 5.06. The minimum Gasteiger partial charge on any atom is -0.409 e. The summed E-state index contributed by atoms with van der Waals surface area (Å²) in [5.74, 6) is 0.873. The van der Waals surface area contributed by atoms with Crippen LogP contribution in [0.3, 0.4) is 0 Å². The second kappa shape index (κ2) is 7.57. The summed E-state index contributed by atoms with van der Waals surface area (Å²) < 4.78 is 30.8. The lowest BCUT2D eigenvalue weighted by molar-refractivity contribution is 0.153. The van der Waals surface area contributed by atoms with Crippen LogP contribution in [0.5, 0.6) is 0 Å². The Morgan fingerprint density at radius 1 is 1.40 bits per heavy atom. The molecule has 0 aliphatic carbocycles. The second-order valence-corrected chi connectivity index (χ2v) is 9.20. The molecule has 136 valence electrons. The van der Waals surface area contributed by atoms with Gasteiger partial charge in [-0.25, -0.2) is 13.1 Å². The van der Waals surface area contributed by atoms with Crippen molar-refractivity contribution in [1.29, 1.82) is 0 Å². The van der Waals surface area contributed by atoms with Crippen molar-refractivity contribution < 1.29 is 12.8 Å². The van der Waals surface area contributed by atoms with E-state index in [-0.39, 0.29) is 22.4 Å². The number of halogens is 1. The van der Waals surface area contributed by atoms with Crippen LogP contribution in [0.25, 0.3) is 11.5 Å². The standard InChI is InChI=1S/C16H20ClN3O3S2/c1-2-8-19(14-7-9-25(21,22)10-14)11-20-16(24)23-15(18-20)12-3-5-13(17)6-4-12/h3-6,14H,2,7-11H2,1H3/t14-/m0/s1. The van der Waals surface area contributed by atoms with Crippen molar-refractivity contribution in [2.24, 2.45) is 0 Å². The Labute approximate surface area is 157 Å². The van der Waals surface area contributed by atoms with E-state index >= 15 is 0 Å². The monoisotopic (exact) mass is 401 g/mol. The molecule has 0 unspecified atom stereocenters. The fourth-order valence-electron chi connectivity index (χ4n) is 3.00. The van der Waals surface area contributed by atoms with Crippen molar-refractivity contribution in [2.75, 3.05) is 18.1 Å². The van der Waals surface area contributed by atoms with Gasteiger partial charge in [-0.3, -0.25) is 4.90 Å². The van der Waals surface area contributed by atoms with Gasteiger partial charge in [-0.2, -0.15) is 0 Å². The number of aromatic nitrogens is 2. The van der Waals surface area contributed by atoms with Crippen LogP contribution < -0.4 is 0 Å². The molecule has 25 heavy (non-hydrogen) atoms. The summed E-state index contributed by atoms with van der Waals surface area (Å²) in [5, 5.41) is 5.09. The van der Waals surface area contributed by atoms with E-state index in [0.717, 1.165) is 18.5 Å². The minimum absolute atomic E-state index is 0.00234. The maximum atomic E-state index is 11.8. The molecule has 0 bridgehead atoms. The third-order valence-electron chi connectivity index (χ3n) is 4.25. The average Bonchev–Trinajstić information content (AvgIpc) is 3.10. The van der Waals surface area contributed by atoms with Crippen molar-refractivity contribution in [3.63, 3.8) is 0 Å². The molecule has 1 fully saturated rings. The van der Waals surface area contributed by atoms with Gasteiger partial charge in [-0.05, 0) is 55.9 Å². The molecule has 9 heteroatoms. The van der Waals surface area contributed by atoms with E-state index in [1.54, 1.807) is 16.8 Å². The molecule has 0 N–H and O–H groups in total. The Kier molecular flexibility index (Phi) is 5.62. The highest BCUT2D eigenvalue weighted by Gasteiger charge is 2.32. The lowest BCUT2D eigenvalue weighted by Crippen LogP contribution is -2.38. The molecule has 1 aliphatic heterocycles. The first-order valence-corrected chi connectivity index (χ1v) is 10.8. The van der Waals surface area contributed by atoms with E-state index in [1.807, 2.05) is 12.1 Å². The van der Waals surface area contributed by atoms with Crippen LogP contribution in [0.2, 0.25) is 5.02 Å². The molecule has 0 radical (unpaired) electrons. The van der Waals surface area contributed by atoms with Gasteiger partial charge in [0.15, 0.2) is 9.84 Å². The summed E-state index contributed by atoms with van der Waals surface area (Å²) in [6, 6.07) is 7.17. The van der Waals surface area contributed by atoms with Gasteiger partial charge in [-0.15, -0.1) is 5.10 Å². The van der Waals surface area contributed by atoms with E-state index in [0.29, 0.717) is 24.0 Å². The van der Waals surface area contributed by atoms with Crippen molar-refractivity contribution in [1.82, 2.24) is 14.7 Å². The summed E-state index contributed by atoms with van der Waals surface area (Å²) in [6.45, 7) is 3.27. The Bertz CT molecular complexity index is 890. The van der Waals surface area contributed by atoms with Crippen LogP contribution in [0.15, 0.2) is 28.7 Å². The van der Waals surface area contributed by atoms with Gasteiger partial charge in [0, 0.05) is 16.6 Å². The SMILES string of the molecule is CCCN(Cn1nc(-c2ccc(Cl)cc2)oc1=S)[C@H]1CCS(=O)(=O)C1. The summed E-state index contributed by atoms with van der Waals surface area (Å²) in [4.78, 5) is 2.39. The van der Waals surface area contributed by atoms with Crippen LogP contribution in [-0.4, -0.2) is 47.2 Å². The molecule has 2 aromatic rings. The maximum absolute atomic E-state index is 11.8. The number of nitrogens with zero attached hydrogens (tertiary/aromatic N) is 3. The first-order valence-electron chi connectivity index (χ1n) is 8.16. The van der Waals surface area contributed by atoms with Gasteiger partial charge in [-0.1, -0.05) is 18.5 Å². The zero-order valence-corrected chi connectivity index (χ0v) is 16.3. The first-order chi connectivity index (χ1) is 11.9. The number of hydrogen-bond donors (Lipinski definition) is 0. The number of benzene rings is 1. The van der Waals surface area contributed by atoms with E-state index in [1.165, 1.54) is 0 Å². The third-order valence-corrected chi connectivity index (χ3v) is 6.55. The Hall–Kier alpha value is -1.22. The van der Waals surface area contributed by atoms with Crippen molar-refractivity contribution in [2.45, 2.75) is 32.5 Å². The lowest BCUT2D eigenvalue weighted by atomic mass is 10.2. The summed E-state index contributed by atoms with van der Waals surface area (Å²) in [7, 11) is -2.94. The van der Waals surface area contributed by atoms with Crippen LogP contribution in [0, 0.1) is 4.84 Å². The van der Waals surface area contributed by atoms with Gasteiger partial charge >= 0.3 is 0 Å². The molecule has 0 saturated carbocycles. The smallest absolute Gasteiger partial charge is 0.288 e. The highest BCUT2D eigenvalue weighted by Crippen LogP contribution is 2.22. The van der Waals surface area contributed by atoms with Crippen LogP contribution >= 0.6 is 23.8 Å². The third kappa shape index (κ3) is 4.49. The number of sulfone groups is 1. The van der Waals surface area contributed by atoms with Crippen LogP contribution in [-0.2, 0) is 16.5 Å².